The highest BCUT2D eigenvalue weighted by Crippen LogP contribution is 2.33. The number of H-pyrrole nitrogens is 2. The Kier molecular flexibility index (Phi) is 7.75. The zero-order valence-corrected chi connectivity index (χ0v) is 24.7. The molecular formula is C34H35F2N7. The van der Waals surface area contributed by atoms with Crippen LogP contribution in [-0.2, 0) is 6.42 Å². The smallest absolute Gasteiger partial charge is 0.261 e. The van der Waals surface area contributed by atoms with Crippen LogP contribution in [-0.4, -0.2) is 60.6 Å². The Balaban J connectivity index is 1.37. The number of likely N-dealkylation sites (tertiary alicyclic amines) is 1. The SMILES string of the molecule is C=C[C@H](C)/C=C(\C=C(/C)CN1CCC(F)(F)C1)c1ccc2[nH]nc(-c3nc4c([nH]3)CC(C)=CC=C4c3ccccn3)c2n1. The van der Waals surface area contributed by atoms with Crippen LogP contribution >= 0.6 is 0 Å². The lowest BCUT2D eigenvalue weighted by atomic mass is 10.0. The Morgan fingerprint density at radius 1 is 1.16 bits per heavy atom. The molecule has 4 aromatic rings. The molecule has 0 unspecified atom stereocenters. The molecule has 1 aliphatic heterocycles. The van der Waals surface area contributed by atoms with E-state index in [1.54, 1.807) is 11.1 Å². The number of allylic oxidation sites excluding steroid dienone is 7. The quantitative estimate of drug-likeness (QED) is 0.171. The molecule has 5 heterocycles. The molecule has 0 aromatic carbocycles. The summed E-state index contributed by atoms with van der Waals surface area (Å²) in [6, 6.07) is 9.77. The molecule has 2 N–H and O–H groups in total. The van der Waals surface area contributed by atoms with E-state index in [1.165, 1.54) is 5.57 Å². The van der Waals surface area contributed by atoms with E-state index < -0.39 is 5.92 Å². The third-order valence-corrected chi connectivity index (χ3v) is 7.83. The summed E-state index contributed by atoms with van der Waals surface area (Å²) in [7, 11) is 0. The number of aromatic nitrogens is 6. The van der Waals surface area contributed by atoms with Crippen molar-refractivity contribution >= 4 is 22.2 Å². The highest BCUT2D eigenvalue weighted by molar-refractivity contribution is 5.90. The summed E-state index contributed by atoms with van der Waals surface area (Å²) in [5, 5.41) is 7.72. The van der Waals surface area contributed by atoms with Gasteiger partial charge in [-0.15, -0.1) is 6.58 Å². The van der Waals surface area contributed by atoms with Gasteiger partial charge in [0, 0.05) is 43.4 Å². The zero-order valence-electron chi connectivity index (χ0n) is 24.7. The van der Waals surface area contributed by atoms with Crippen LogP contribution in [0.15, 0.2) is 84.6 Å². The van der Waals surface area contributed by atoms with Gasteiger partial charge in [0.05, 0.1) is 29.1 Å². The minimum atomic E-state index is -2.62. The second-order valence-corrected chi connectivity index (χ2v) is 11.6. The van der Waals surface area contributed by atoms with Gasteiger partial charge in [-0.25, -0.2) is 18.7 Å². The van der Waals surface area contributed by atoms with Crippen molar-refractivity contribution in [2.24, 2.45) is 5.92 Å². The molecule has 4 aromatic heterocycles. The lowest BCUT2D eigenvalue weighted by Gasteiger charge is -2.16. The fourth-order valence-electron chi connectivity index (χ4n) is 5.63. The molecule has 1 fully saturated rings. The highest BCUT2D eigenvalue weighted by Gasteiger charge is 2.37. The second kappa shape index (κ2) is 11.6. The van der Waals surface area contributed by atoms with E-state index in [2.05, 4.69) is 58.8 Å². The molecule has 7 nitrogen and oxygen atoms in total. The van der Waals surface area contributed by atoms with Crippen molar-refractivity contribution in [1.82, 2.24) is 35.0 Å². The number of fused-ring (bicyclic) bond motifs is 2. The van der Waals surface area contributed by atoms with E-state index in [4.69, 9.17) is 9.97 Å². The van der Waals surface area contributed by atoms with Gasteiger partial charge in [0.15, 0.2) is 11.5 Å². The molecule has 43 heavy (non-hydrogen) atoms. The van der Waals surface area contributed by atoms with Crippen LogP contribution in [0.5, 0.6) is 0 Å². The first kappa shape index (κ1) is 28.6. The molecule has 0 radical (unpaired) electrons. The highest BCUT2D eigenvalue weighted by atomic mass is 19.3. The first-order valence-corrected chi connectivity index (χ1v) is 14.5. The fraction of sp³-hybridized carbons (Fsp3) is 0.294. The molecule has 0 bridgehead atoms. The molecule has 2 aliphatic rings. The van der Waals surface area contributed by atoms with Crippen LogP contribution < -0.4 is 0 Å². The molecule has 6 rings (SSSR count). The average molecular weight is 580 g/mol. The molecule has 9 heteroatoms. The number of pyridine rings is 2. The monoisotopic (exact) mass is 579 g/mol. The number of hydrogen-bond donors (Lipinski definition) is 2. The van der Waals surface area contributed by atoms with E-state index in [9.17, 15) is 8.78 Å². The van der Waals surface area contributed by atoms with Crippen molar-refractivity contribution in [3.63, 3.8) is 0 Å². The molecule has 0 saturated carbocycles. The number of rotatable bonds is 8. The van der Waals surface area contributed by atoms with E-state index in [0.717, 1.165) is 51.4 Å². The summed E-state index contributed by atoms with van der Waals surface area (Å²) in [6.45, 7) is 10.7. The minimum absolute atomic E-state index is 0.0883. The summed E-state index contributed by atoms with van der Waals surface area (Å²) >= 11 is 0. The van der Waals surface area contributed by atoms with Gasteiger partial charge in [-0.3, -0.25) is 15.0 Å². The normalized spacial score (nSPS) is 18.3. The van der Waals surface area contributed by atoms with Crippen molar-refractivity contribution in [1.29, 1.82) is 0 Å². The Bertz CT molecular complexity index is 1790. The molecule has 1 saturated heterocycles. The van der Waals surface area contributed by atoms with Crippen LogP contribution in [0.4, 0.5) is 8.78 Å². The Morgan fingerprint density at radius 3 is 2.77 bits per heavy atom. The number of imidazole rings is 1. The van der Waals surface area contributed by atoms with Gasteiger partial charge >= 0.3 is 0 Å². The van der Waals surface area contributed by atoms with Gasteiger partial charge in [-0.05, 0) is 49.6 Å². The summed E-state index contributed by atoms with van der Waals surface area (Å²) in [6.07, 6.45) is 12.6. The predicted molar refractivity (Wildman–Crippen MR) is 167 cm³/mol. The largest absolute Gasteiger partial charge is 0.340 e. The van der Waals surface area contributed by atoms with E-state index in [0.29, 0.717) is 30.1 Å². The number of nitrogens with zero attached hydrogens (tertiary/aromatic N) is 5. The summed E-state index contributed by atoms with van der Waals surface area (Å²) < 4.78 is 27.6. The summed E-state index contributed by atoms with van der Waals surface area (Å²) in [5.74, 6) is -1.90. The van der Waals surface area contributed by atoms with Crippen molar-refractivity contribution in [2.45, 2.75) is 39.5 Å². The Hall–Kier alpha value is -4.50. The van der Waals surface area contributed by atoms with E-state index in [1.807, 2.05) is 49.4 Å². The number of alkyl halides is 2. The van der Waals surface area contributed by atoms with Crippen LogP contribution in [0.1, 0.15) is 50.0 Å². The van der Waals surface area contributed by atoms with Crippen molar-refractivity contribution in [3.05, 3.63) is 107 Å². The van der Waals surface area contributed by atoms with Crippen molar-refractivity contribution < 1.29 is 8.78 Å². The predicted octanol–water partition coefficient (Wildman–Crippen LogP) is 7.17. The number of halogens is 2. The number of nitrogens with one attached hydrogen (secondary N) is 2. The maximum Gasteiger partial charge on any atom is 0.261 e. The van der Waals surface area contributed by atoms with Crippen LogP contribution in [0.2, 0.25) is 0 Å². The maximum atomic E-state index is 13.8. The molecule has 220 valence electrons. The topological polar surface area (TPSA) is 86.4 Å². The van der Waals surface area contributed by atoms with E-state index in [-0.39, 0.29) is 18.9 Å². The first-order chi connectivity index (χ1) is 20.7. The third kappa shape index (κ3) is 6.17. The van der Waals surface area contributed by atoms with Crippen LogP contribution in [0.3, 0.4) is 0 Å². The van der Waals surface area contributed by atoms with Crippen molar-refractivity contribution in [2.75, 3.05) is 19.6 Å². The molecular weight excluding hydrogens is 544 g/mol. The standard InChI is InChI=1S/C34H35F2N7/c1-5-21(2)16-24(17-23(4)19-43-15-13-34(35,36)20-43)26-11-12-28-31(38-26)32(42-41-28)33-39-29-18-22(3)9-10-25(30(29)40-33)27-8-6-7-14-37-27/h5-12,14,16-17,21H,1,13,15,18-20H2,2-4H3,(H,39,40)(H,41,42)/b23-17+,24-16+/t21-/m0/s1. The number of hydrogen-bond acceptors (Lipinski definition) is 5. The van der Waals surface area contributed by atoms with Gasteiger partial charge in [0.25, 0.3) is 5.92 Å². The van der Waals surface area contributed by atoms with Crippen molar-refractivity contribution in [3.8, 4) is 11.5 Å². The molecule has 1 atom stereocenters. The molecule has 0 spiro atoms. The van der Waals surface area contributed by atoms with Gasteiger partial charge in [-0.1, -0.05) is 54.5 Å². The van der Waals surface area contributed by atoms with Gasteiger partial charge < -0.3 is 4.98 Å². The zero-order chi connectivity index (χ0) is 30.1. The number of aromatic amines is 2. The minimum Gasteiger partial charge on any atom is -0.340 e. The maximum absolute atomic E-state index is 13.8. The summed E-state index contributed by atoms with van der Waals surface area (Å²) in [5.41, 5.74) is 9.62. The van der Waals surface area contributed by atoms with Gasteiger partial charge in [-0.2, -0.15) is 5.10 Å². The first-order valence-electron chi connectivity index (χ1n) is 14.5. The Morgan fingerprint density at radius 2 is 2.02 bits per heavy atom. The van der Waals surface area contributed by atoms with Crippen LogP contribution in [0, 0.1) is 5.92 Å². The van der Waals surface area contributed by atoms with Gasteiger partial charge in [0.2, 0.25) is 0 Å². The third-order valence-electron chi connectivity index (χ3n) is 7.83. The lowest BCUT2D eigenvalue weighted by molar-refractivity contribution is 0.0131. The van der Waals surface area contributed by atoms with Gasteiger partial charge in [0.1, 0.15) is 5.52 Å². The van der Waals surface area contributed by atoms with Crippen LogP contribution in [0.25, 0.3) is 33.7 Å². The fourth-order valence-corrected chi connectivity index (χ4v) is 5.63. The Labute approximate surface area is 249 Å². The average Bonchev–Trinajstić information content (AvgIpc) is 3.66. The second-order valence-electron chi connectivity index (χ2n) is 11.6. The molecule has 0 amide bonds. The lowest BCUT2D eigenvalue weighted by Crippen LogP contribution is -2.26. The van der Waals surface area contributed by atoms with E-state index >= 15 is 0 Å². The molecule has 1 aliphatic carbocycles. The summed E-state index contributed by atoms with van der Waals surface area (Å²) in [4.78, 5) is 20.0.